The third kappa shape index (κ3) is 7.67. The molecule has 2 heterocycles. The fraction of sp³-hybridized carbons (Fsp3) is 0.500. The number of ether oxygens (including phenoxy) is 4. The van der Waals surface area contributed by atoms with Crippen molar-refractivity contribution in [2.75, 3.05) is 0 Å². The summed E-state index contributed by atoms with van der Waals surface area (Å²) in [7, 11) is 0. The van der Waals surface area contributed by atoms with Crippen LogP contribution in [0, 0.1) is 0 Å². The summed E-state index contributed by atoms with van der Waals surface area (Å²) in [5.41, 5.74) is 2.97. The topological polar surface area (TPSA) is 49.4 Å². The standard InChI is InChI=1S/C36H47NO5/c1-27-31(38-24-28-16-9-6-10-17-28)32(39-25-29-18-11-7-12-19-29)33(40-26-30-20-13-8-14-21-30)34(41-27)42-37-35(2,3)22-15-23-36(37,4)5/h6-14,16-21,27,31-34H,15,22-26H2,1-5H3/t27-,31-,32+,33+,34-/m1/s1. The van der Waals surface area contributed by atoms with Crippen LogP contribution in [0.25, 0.3) is 0 Å². The van der Waals surface area contributed by atoms with Gasteiger partial charge in [0.15, 0.2) is 0 Å². The fourth-order valence-corrected chi connectivity index (χ4v) is 6.32. The molecule has 0 amide bonds. The van der Waals surface area contributed by atoms with Gasteiger partial charge in [-0.3, -0.25) is 4.84 Å². The van der Waals surface area contributed by atoms with Crippen molar-refractivity contribution in [2.45, 2.75) is 115 Å². The van der Waals surface area contributed by atoms with Crippen molar-refractivity contribution in [3.8, 4) is 0 Å². The number of nitrogens with zero attached hydrogens (tertiary/aromatic N) is 1. The Labute approximate surface area is 251 Å². The number of benzene rings is 3. The maximum atomic E-state index is 6.88. The summed E-state index contributed by atoms with van der Waals surface area (Å²) >= 11 is 0. The summed E-state index contributed by atoms with van der Waals surface area (Å²) in [5, 5.41) is 2.15. The molecule has 0 aliphatic carbocycles. The Balaban J connectivity index is 1.45. The lowest BCUT2D eigenvalue weighted by molar-refractivity contribution is -0.408. The highest BCUT2D eigenvalue weighted by atomic mass is 16.8. The zero-order valence-corrected chi connectivity index (χ0v) is 25.8. The highest BCUT2D eigenvalue weighted by molar-refractivity contribution is 5.15. The first-order valence-electron chi connectivity index (χ1n) is 15.3. The van der Waals surface area contributed by atoms with E-state index < -0.39 is 18.5 Å². The van der Waals surface area contributed by atoms with Crippen molar-refractivity contribution in [3.63, 3.8) is 0 Å². The van der Waals surface area contributed by atoms with Crippen molar-refractivity contribution < 1.29 is 23.8 Å². The monoisotopic (exact) mass is 573 g/mol. The van der Waals surface area contributed by atoms with Crippen molar-refractivity contribution >= 4 is 0 Å². The number of hydroxylamine groups is 2. The summed E-state index contributed by atoms with van der Waals surface area (Å²) in [4.78, 5) is 6.88. The number of hydrogen-bond acceptors (Lipinski definition) is 6. The first-order valence-corrected chi connectivity index (χ1v) is 15.3. The van der Waals surface area contributed by atoms with Crippen LogP contribution in [0.5, 0.6) is 0 Å². The summed E-state index contributed by atoms with van der Waals surface area (Å²) in [5.74, 6) is 0. The van der Waals surface area contributed by atoms with Gasteiger partial charge in [0.2, 0.25) is 6.29 Å². The quantitative estimate of drug-likeness (QED) is 0.237. The number of hydrogen-bond donors (Lipinski definition) is 0. The smallest absolute Gasteiger partial charge is 0.206 e. The molecule has 0 unspecified atom stereocenters. The molecule has 3 aromatic carbocycles. The fourth-order valence-electron chi connectivity index (χ4n) is 6.32. The zero-order chi connectivity index (χ0) is 29.6. The molecule has 6 heteroatoms. The highest BCUT2D eigenvalue weighted by Crippen LogP contribution is 2.41. The Bertz CT molecular complexity index is 1200. The van der Waals surface area contributed by atoms with Gasteiger partial charge in [-0.05, 0) is 70.6 Å². The normalized spacial score (nSPS) is 27.5. The molecule has 0 saturated carbocycles. The van der Waals surface area contributed by atoms with Crippen molar-refractivity contribution in [1.82, 2.24) is 5.06 Å². The Morgan fingerprint density at radius 3 is 1.48 bits per heavy atom. The molecule has 0 radical (unpaired) electrons. The van der Waals surface area contributed by atoms with Crippen LogP contribution in [0.2, 0.25) is 0 Å². The van der Waals surface area contributed by atoms with E-state index >= 15 is 0 Å². The molecule has 0 aromatic heterocycles. The van der Waals surface area contributed by atoms with Crippen LogP contribution in [0.15, 0.2) is 91.0 Å². The van der Waals surface area contributed by atoms with Crippen LogP contribution in [0.4, 0.5) is 0 Å². The van der Waals surface area contributed by atoms with E-state index in [-0.39, 0.29) is 23.3 Å². The van der Waals surface area contributed by atoms with Crippen LogP contribution >= 0.6 is 0 Å². The van der Waals surface area contributed by atoms with Gasteiger partial charge in [-0.2, -0.15) is 5.06 Å². The molecule has 2 aliphatic rings. The molecular weight excluding hydrogens is 526 g/mol. The molecule has 5 atom stereocenters. The Morgan fingerprint density at radius 2 is 1.02 bits per heavy atom. The Morgan fingerprint density at radius 1 is 0.619 bits per heavy atom. The third-order valence-electron chi connectivity index (χ3n) is 8.47. The van der Waals surface area contributed by atoms with E-state index in [9.17, 15) is 0 Å². The lowest BCUT2D eigenvalue weighted by Gasteiger charge is -2.54. The Hall–Kier alpha value is -2.58. The highest BCUT2D eigenvalue weighted by Gasteiger charge is 2.51. The van der Waals surface area contributed by atoms with E-state index in [1.807, 2.05) is 61.5 Å². The summed E-state index contributed by atoms with van der Waals surface area (Å²) in [6.07, 6.45) is 0.979. The second-order valence-corrected chi connectivity index (χ2v) is 12.9. The molecule has 2 aliphatic heterocycles. The minimum Gasteiger partial charge on any atom is -0.368 e. The van der Waals surface area contributed by atoms with Gasteiger partial charge in [0.1, 0.15) is 18.3 Å². The van der Waals surface area contributed by atoms with E-state index in [0.717, 1.165) is 36.0 Å². The van der Waals surface area contributed by atoms with Crippen LogP contribution in [-0.2, 0) is 43.6 Å². The second-order valence-electron chi connectivity index (χ2n) is 12.9. The maximum absolute atomic E-state index is 6.88. The van der Waals surface area contributed by atoms with E-state index in [1.54, 1.807) is 0 Å². The van der Waals surface area contributed by atoms with Crippen LogP contribution in [-0.4, -0.2) is 46.8 Å². The van der Waals surface area contributed by atoms with E-state index in [1.165, 1.54) is 0 Å². The molecule has 5 rings (SSSR count). The van der Waals surface area contributed by atoms with Gasteiger partial charge in [-0.25, -0.2) is 0 Å². The van der Waals surface area contributed by atoms with Crippen molar-refractivity contribution in [2.24, 2.45) is 0 Å². The molecule has 0 spiro atoms. The maximum Gasteiger partial charge on any atom is 0.206 e. The SMILES string of the molecule is C[C@H]1O[C@H](ON2C(C)(C)CCCC2(C)C)[C@@H](OCc2ccccc2)[C@@H](OCc2ccccc2)[C@@H]1OCc1ccccc1. The number of piperidine rings is 1. The van der Waals surface area contributed by atoms with Gasteiger partial charge in [0.05, 0.1) is 25.9 Å². The van der Waals surface area contributed by atoms with Gasteiger partial charge < -0.3 is 18.9 Å². The second kappa shape index (κ2) is 13.8. The molecule has 2 saturated heterocycles. The van der Waals surface area contributed by atoms with Crippen molar-refractivity contribution in [3.05, 3.63) is 108 Å². The van der Waals surface area contributed by atoms with Crippen LogP contribution in [0.1, 0.15) is 70.6 Å². The van der Waals surface area contributed by atoms with Gasteiger partial charge in [0, 0.05) is 11.1 Å². The number of rotatable bonds is 11. The van der Waals surface area contributed by atoms with Gasteiger partial charge in [-0.15, -0.1) is 0 Å². The molecule has 42 heavy (non-hydrogen) atoms. The average Bonchev–Trinajstić information content (AvgIpc) is 2.98. The van der Waals surface area contributed by atoms with E-state index in [0.29, 0.717) is 19.8 Å². The minimum absolute atomic E-state index is 0.153. The first kappa shape index (κ1) is 30.9. The largest absolute Gasteiger partial charge is 0.368 e. The first-order chi connectivity index (χ1) is 20.2. The predicted molar refractivity (Wildman–Crippen MR) is 164 cm³/mol. The van der Waals surface area contributed by atoms with Gasteiger partial charge in [0.25, 0.3) is 0 Å². The molecule has 2 fully saturated rings. The molecular formula is C36H47NO5. The Kier molecular flexibility index (Phi) is 10.1. The molecule has 3 aromatic rings. The van der Waals surface area contributed by atoms with E-state index in [2.05, 4.69) is 69.2 Å². The summed E-state index contributed by atoms with van der Waals surface area (Å²) < 4.78 is 26.7. The predicted octanol–water partition coefficient (Wildman–Crippen LogP) is 7.46. The summed E-state index contributed by atoms with van der Waals surface area (Å²) in [6.45, 7) is 12.3. The summed E-state index contributed by atoms with van der Waals surface area (Å²) in [6, 6.07) is 30.7. The third-order valence-corrected chi connectivity index (χ3v) is 8.47. The van der Waals surface area contributed by atoms with Crippen LogP contribution in [0.3, 0.4) is 0 Å². The lowest BCUT2D eigenvalue weighted by Crippen LogP contribution is -2.65. The molecule has 6 nitrogen and oxygen atoms in total. The molecule has 226 valence electrons. The average molecular weight is 574 g/mol. The van der Waals surface area contributed by atoms with Crippen LogP contribution < -0.4 is 0 Å². The lowest BCUT2D eigenvalue weighted by atomic mass is 9.82. The van der Waals surface area contributed by atoms with Crippen molar-refractivity contribution in [1.29, 1.82) is 0 Å². The molecule has 0 N–H and O–H groups in total. The molecule has 0 bridgehead atoms. The van der Waals surface area contributed by atoms with E-state index in [4.69, 9.17) is 23.8 Å². The van der Waals surface area contributed by atoms with Gasteiger partial charge in [-0.1, -0.05) is 91.0 Å². The van der Waals surface area contributed by atoms with Gasteiger partial charge >= 0.3 is 0 Å². The zero-order valence-electron chi connectivity index (χ0n) is 25.8. The minimum atomic E-state index is -0.669.